The van der Waals surface area contributed by atoms with Crippen molar-refractivity contribution in [1.29, 1.82) is 0 Å². The molecule has 0 amide bonds. The van der Waals surface area contributed by atoms with Crippen molar-refractivity contribution in [3.63, 3.8) is 0 Å². The summed E-state index contributed by atoms with van der Waals surface area (Å²) in [6, 6.07) is 7.46. The second kappa shape index (κ2) is 6.74. The number of hydrogen-bond donors (Lipinski definition) is 1. The average molecular weight is 388 g/mol. The van der Waals surface area contributed by atoms with Gasteiger partial charge in [0, 0.05) is 9.90 Å². The average Bonchev–Trinajstić information content (AvgIpc) is 2.90. The number of methoxy groups -OCH3 is 1. The molecule has 0 aliphatic rings. The van der Waals surface area contributed by atoms with Gasteiger partial charge in [0.05, 0.1) is 17.7 Å². The van der Waals surface area contributed by atoms with Gasteiger partial charge in [-0.05, 0) is 35.7 Å². The van der Waals surface area contributed by atoms with E-state index in [1.165, 1.54) is 42.7 Å². The van der Waals surface area contributed by atoms with Crippen molar-refractivity contribution in [3.05, 3.63) is 45.1 Å². The third kappa shape index (κ3) is 4.09. The van der Waals surface area contributed by atoms with Crippen LogP contribution in [0.2, 0.25) is 5.02 Å². The Balaban J connectivity index is 2.46. The van der Waals surface area contributed by atoms with E-state index in [4.69, 9.17) is 16.3 Å². The van der Waals surface area contributed by atoms with E-state index in [2.05, 4.69) is 4.72 Å². The quantitative estimate of drug-likeness (QED) is 0.794. The van der Waals surface area contributed by atoms with Crippen molar-refractivity contribution >= 4 is 44.6 Å². The zero-order chi connectivity index (χ0) is 18.1. The number of sulfonamides is 1. The SMILES string of the molecule is COC(=O)c1sc(C(C)(C)C)cc1NS(=O)(=O)c1ccc(Cl)cc1. The van der Waals surface area contributed by atoms with Gasteiger partial charge >= 0.3 is 5.97 Å². The topological polar surface area (TPSA) is 72.5 Å². The molecule has 2 aromatic rings. The van der Waals surface area contributed by atoms with Crippen LogP contribution >= 0.6 is 22.9 Å². The summed E-state index contributed by atoms with van der Waals surface area (Å²) < 4.78 is 32.3. The molecule has 0 saturated heterocycles. The maximum Gasteiger partial charge on any atom is 0.350 e. The summed E-state index contributed by atoms with van der Waals surface area (Å²) in [6.07, 6.45) is 0. The van der Waals surface area contributed by atoms with Crippen molar-refractivity contribution in [2.45, 2.75) is 31.1 Å². The van der Waals surface area contributed by atoms with Crippen LogP contribution in [-0.2, 0) is 20.2 Å². The molecule has 2 rings (SSSR count). The largest absolute Gasteiger partial charge is 0.465 e. The number of anilines is 1. The third-order valence-electron chi connectivity index (χ3n) is 3.21. The number of nitrogens with one attached hydrogen (secondary N) is 1. The maximum atomic E-state index is 12.5. The lowest BCUT2D eigenvalue weighted by molar-refractivity contribution is 0.0607. The molecule has 1 N–H and O–H groups in total. The molecule has 0 aliphatic heterocycles. The van der Waals surface area contributed by atoms with Crippen LogP contribution in [0.5, 0.6) is 0 Å². The van der Waals surface area contributed by atoms with Crippen LogP contribution < -0.4 is 4.72 Å². The highest BCUT2D eigenvalue weighted by atomic mass is 35.5. The molecule has 0 atom stereocenters. The Bertz CT molecular complexity index is 849. The lowest BCUT2D eigenvalue weighted by Gasteiger charge is -2.15. The summed E-state index contributed by atoms with van der Waals surface area (Å²) in [5.41, 5.74) is -0.0102. The van der Waals surface area contributed by atoms with Gasteiger partial charge in [-0.15, -0.1) is 11.3 Å². The maximum absolute atomic E-state index is 12.5. The number of carbonyl (C=O) groups is 1. The number of carbonyl (C=O) groups excluding carboxylic acids is 1. The molecule has 0 saturated carbocycles. The Hall–Kier alpha value is -1.57. The van der Waals surface area contributed by atoms with Crippen molar-refractivity contribution in [3.8, 4) is 0 Å². The standard InChI is InChI=1S/C16H18ClNO4S2/c1-16(2,3)13-9-12(14(23-13)15(19)22-4)18-24(20,21)11-7-5-10(17)6-8-11/h5-9,18H,1-4H3. The van der Waals surface area contributed by atoms with E-state index in [9.17, 15) is 13.2 Å². The minimum absolute atomic E-state index is 0.0613. The molecule has 1 heterocycles. The van der Waals surface area contributed by atoms with Crippen LogP contribution in [0, 0.1) is 0 Å². The van der Waals surface area contributed by atoms with Gasteiger partial charge < -0.3 is 4.74 Å². The Morgan fingerprint density at radius 1 is 1.21 bits per heavy atom. The Labute approximate surface area is 150 Å². The molecule has 1 aromatic carbocycles. The van der Waals surface area contributed by atoms with E-state index in [-0.39, 0.29) is 20.9 Å². The lowest BCUT2D eigenvalue weighted by Crippen LogP contribution is -2.14. The zero-order valence-electron chi connectivity index (χ0n) is 13.7. The summed E-state index contributed by atoms with van der Waals surface area (Å²) >= 11 is 7.00. The lowest BCUT2D eigenvalue weighted by atomic mass is 9.95. The van der Waals surface area contributed by atoms with E-state index >= 15 is 0 Å². The molecule has 0 spiro atoms. The zero-order valence-corrected chi connectivity index (χ0v) is 16.1. The van der Waals surface area contributed by atoms with Crippen molar-refractivity contribution < 1.29 is 17.9 Å². The van der Waals surface area contributed by atoms with Crippen LogP contribution in [0.15, 0.2) is 35.2 Å². The summed E-state index contributed by atoms with van der Waals surface area (Å²) in [5.74, 6) is -0.579. The van der Waals surface area contributed by atoms with Crippen molar-refractivity contribution in [2.75, 3.05) is 11.8 Å². The molecule has 24 heavy (non-hydrogen) atoms. The first-order valence-electron chi connectivity index (χ1n) is 7.05. The van der Waals surface area contributed by atoms with Crippen LogP contribution in [0.3, 0.4) is 0 Å². The molecule has 0 radical (unpaired) electrons. The second-order valence-electron chi connectivity index (χ2n) is 6.15. The van der Waals surface area contributed by atoms with E-state index in [0.29, 0.717) is 5.02 Å². The third-order valence-corrected chi connectivity index (χ3v) is 6.38. The number of thiophene rings is 1. The number of halogens is 1. The van der Waals surface area contributed by atoms with Crippen molar-refractivity contribution in [2.24, 2.45) is 0 Å². The fourth-order valence-corrected chi connectivity index (χ4v) is 4.24. The molecule has 130 valence electrons. The highest BCUT2D eigenvalue weighted by Crippen LogP contribution is 2.36. The first-order valence-corrected chi connectivity index (χ1v) is 9.73. The van der Waals surface area contributed by atoms with Gasteiger partial charge in [0.15, 0.2) is 0 Å². The molecule has 5 nitrogen and oxygen atoms in total. The highest BCUT2D eigenvalue weighted by molar-refractivity contribution is 7.92. The van der Waals surface area contributed by atoms with Gasteiger partial charge in [0.25, 0.3) is 10.0 Å². The van der Waals surface area contributed by atoms with Gasteiger partial charge in [-0.1, -0.05) is 32.4 Å². The predicted molar refractivity (Wildman–Crippen MR) is 96.6 cm³/mol. The molecular weight excluding hydrogens is 370 g/mol. The number of benzene rings is 1. The fraction of sp³-hybridized carbons (Fsp3) is 0.312. The minimum atomic E-state index is -3.84. The second-order valence-corrected chi connectivity index (χ2v) is 9.33. The Morgan fingerprint density at radius 2 is 1.79 bits per heavy atom. The van der Waals surface area contributed by atoms with Gasteiger partial charge in [0.2, 0.25) is 0 Å². The van der Waals surface area contributed by atoms with Crippen molar-refractivity contribution in [1.82, 2.24) is 0 Å². The van der Waals surface area contributed by atoms with Crippen LogP contribution in [0.1, 0.15) is 35.3 Å². The van der Waals surface area contributed by atoms with Gasteiger partial charge in [0.1, 0.15) is 4.88 Å². The molecule has 0 fully saturated rings. The first-order chi connectivity index (χ1) is 11.0. The molecule has 0 aliphatic carbocycles. The molecular formula is C16H18ClNO4S2. The minimum Gasteiger partial charge on any atom is -0.465 e. The van der Waals surface area contributed by atoms with Crippen LogP contribution in [0.4, 0.5) is 5.69 Å². The van der Waals surface area contributed by atoms with Crippen LogP contribution in [0.25, 0.3) is 0 Å². The number of esters is 1. The van der Waals surface area contributed by atoms with E-state index in [1.54, 1.807) is 6.07 Å². The summed E-state index contributed by atoms with van der Waals surface area (Å²) in [7, 11) is -2.58. The fourth-order valence-electron chi connectivity index (χ4n) is 1.90. The molecule has 0 bridgehead atoms. The first kappa shape index (κ1) is 18.8. The molecule has 1 aromatic heterocycles. The van der Waals surface area contributed by atoms with E-state index in [1.807, 2.05) is 20.8 Å². The van der Waals surface area contributed by atoms with E-state index < -0.39 is 16.0 Å². The highest BCUT2D eigenvalue weighted by Gasteiger charge is 2.26. The number of rotatable bonds is 4. The van der Waals surface area contributed by atoms with Gasteiger partial charge in [-0.3, -0.25) is 4.72 Å². The van der Waals surface area contributed by atoms with Gasteiger partial charge in [-0.25, -0.2) is 13.2 Å². The molecule has 0 unspecified atom stereocenters. The monoisotopic (exact) mass is 387 g/mol. The number of hydrogen-bond acceptors (Lipinski definition) is 5. The van der Waals surface area contributed by atoms with E-state index in [0.717, 1.165) is 4.88 Å². The predicted octanol–water partition coefficient (Wildman–Crippen LogP) is 4.29. The molecule has 8 heteroatoms. The Morgan fingerprint density at radius 3 is 2.29 bits per heavy atom. The number of ether oxygens (including phenoxy) is 1. The smallest absolute Gasteiger partial charge is 0.350 e. The normalized spacial score (nSPS) is 12.0. The van der Waals surface area contributed by atoms with Crippen LogP contribution in [-0.4, -0.2) is 21.5 Å². The summed E-state index contributed by atoms with van der Waals surface area (Å²) in [5, 5.41) is 0.440. The summed E-state index contributed by atoms with van der Waals surface area (Å²) in [6.45, 7) is 5.95. The summed E-state index contributed by atoms with van der Waals surface area (Å²) in [4.78, 5) is 13.1. The van der Waals surface area contributed by atoms with Gasteiger partial charge in [-0.2, -0.15) is 0 Å². The Kier molecular flexibility index (Phi) is 5.27.